The van der Waals surface area contributed by atoms with Gasteiger partial charge in [0.05, 0.1) is 5.54 Å². The largest absolute Gasteiger partial charge is 0.316 e. The predicted octanol–water partition coefficient (Wildman–Crippen LogP) is 2.05. The van der Waals surface area contributed by atoms with Crippen LogP contribution in [0.5, 0.6) is 0 Å². The maximum Gasteiger partial charge on any atom is 0.160 e. The maximum absolute atomic E-state index is 12.7. The maximum atomic E-state index is 12.7. The molecule has 0 spiro atoms. The van der Waals surface area contributed by atoms with E-state index >= 15 is 0 Å². The van der Waals surface area contributed by atoms with Gasteiger partial charge in [0.15, 0.2) is 11.6 Å². The van der Waals surface area contributed by atoms with Crippen LogP contribution in [-0.2, 0) is 0 Å². The fourth-order valence-corrected chi connectivity index (χ4v) is 0.807. The first kappa shape index (κ1) is 10.7. The molecule has 0 amide bonds. The highest BCUT2D eigenvalue weighted by Crippen LogP contribution is 2.07. The van der Waals surface area contributed by atoms with Crippen LogP contribution in [0.2, 0.25) is 0 Å². The third kappa shape index (κ3) is 3.15. The molecule has 2 N–H and O–H groups in total. The Kier molecular flexibility index (Phi) is 2.87. The molecule has 0 aliphatic carbocycles. The Morgan fingerprint density at radius 1 is 1.21 bits per heavy atom. The van der Waals surface area contributed by atoms with Gasteiger partial charge in [-0.05, 0) is 32.0 Å². The topological polar surface area (TPSA) is 26.0 Å². The van der Waals surface area contributed by atoms with Crippen molar-refractivity contribution < 1.29 is 8.78 Å². The van der Waals surface area contributed by atoms with Gasteiger partial charge in [-0.25, -0.2) is 8.78 Å². The molecule has 0 saturated heterocycles. The molecule has 14 heavy (non-hydrogen) atoms. The molecule has 0 saturated carbocycles. The fourth-order valence-electron chi connectivity index (χ4n) is 0.807. The van der Waals surface area contributed by atoms with E-state index < -0.39 is 17.2 Å². The van der Waals surface area contributed by atoms with Crippen molar-refractivity contribution in [3.05, 3.63) is 35.4 Å². The summed E-state index contributed by atoms with van der Waals surface area (Å²) in [6.45, 7) is 3.47. The second-order valence-electron chi connectivity index (χ2n) is 3.60. The zero-order valence-electron chi connectivity index (χ0n) is 8.07. The van der Waals surface area contributed by atoms with Gasteiger partial charge >= 0.3 is 0 Å². The van der Waals surface area contributed by atoms with Crippen molar-refractivity contribution in [2.75, 3.05) is 0 Å². The summed E-state index contributed by atoms with van der Waals surface area (Å²) in [6.07, 6.45) is 0. The van der Waals surface area contributed by atoms with Crippen LogP contribution < -0.4 is 5.73 Å². The molecule has 0 unspecified atom stereocenters. The first-order valence-electron chi connectivity index (χ1n) is 4.15. The number of halogens is 2. The van der Waals surface area contributed by atoms with Gasteiger partial charge in [-0.2, -0.15) is 0 Å². The zero-order chi connectivity index (χ0) is 10.8. The molecule has 1 aromatic rings. The third-order valence-electron chi connectivity index (χ3n) is 1.45. The summed E-state index contributed by atoms with van der Waals surface area (Å²) in [5.74, 6) is 3.63. The van der Waals surface area contributed by atoms with Crippen LogP contribution in [0, 0.1) is 23.5 Å². The van der Waals surface area contributed by atoms with E-state index in [2.05, 4.69) is 11.8 Å². The molecule has 1 rings (SSSR count). The molecule has 0 aromatic heterocycles. The van der Waals surface area contributed by atoms with E-state index in [1.165, 1.54) is 6.07 Å². The zero-order valence-corrected chi connectivity index (χ0v) is 8.07. The average Bonchev–Trinajstić information content (AvgIpc) is 2.06. The lowest BCUT2D eigenvalue weighted by Crippen LogP contribution is -2.29. The first-order chi connectivity index (χ1) is 6.38. The minimum atomic E-state index is -0.897. The van der Waals surface area contributed by atoms with Crippen molar-refractivity contribution in [1.29, 1.82) is 0 Å². The molecule has 3 heteroatoms. The minimum absolute atomic E-state index is 0.419. The Morgan fingerprint density at radius 3 is 2.36 bits per heavy atom. The van der Waals surface area contributed by atoms with Gasteiger partial charge in [-0.1, -0.05) is 11.8 Å². The molecule has 0 atom stereocenters. The lowest BCUT2D eigenvalue weighted by molar-refractivity contribution is 0.508. The molecule has 0 heterocycles. The summed E-state index contributed by atoms with van der Waals surface area (Å²) in [7, 11) is 0. The predicted molar refractivity (Wildman–Crippen MR) is 51.5 cm³/mol. The Labute approximate surface area is 81.9 Å². The van der Waals surface area contributed by atoms with Crippen molar-refractivity contribution in [3.8, 4) is 11.8 Å². The molecule has 0 fully saturated rings. The summed E-state index contributed by atoms with van der Waals surface area (Å²) < 4.78 is 25.3. The molecule has 74 valence electrons. The Hall–Kier alpha value is -1.40. The summed E-state index contributed by atoms with van der Waals surface area (Å²) in [5.41, 5.74) is 5.39. The monoisotopic (exact) mass is 195 g/mol. The molecular formula is C11H11F2N. The highest BCUT2D eigenvalue weighted by molar-refractivity contribution is 5.36. The molecule has 1 aromatic carbocycles. The van der Waals surface area contributed by atoms with Gasteiger partial charge in [0.2, 0.25) is 0 Å². The highest BCUT2D eigenvalue weighted by atomic mass is 19.2. The van der Waals surface area contributed by atoms with Crippen LogP contribution in [-0.4, -0.2) is 5.54 Å². The molecule has 0 bridgehead atoms. The van der Waals surface area contributed by atoms with Gasteiger partial charge in [0.25, 0.3) is 0 Å². The Balaban J connectivity index is 2.98. The van der Waals surface area contributed by atoms with Gasteiger partial charge in [-0.3, -0.25) is 0 Å². The molecular weight excluding hydrogens is 184 g/mol. The highest BCUT2D eigenvalue weighted by Gasteiger charge is 2.04. The van der Waals surface area contributed by atoms with Crippen LogP contribution in [0.4, 0.5) is 8.78 Å². The second kappa shape index (κ2) is 3.77. The summed E-state index contributed by atoms with van der Waals surface area (Å²) in [5, 5.41) is 0. The van der Waals surface area contributed by atoms with Crippen LogP contribution in [0.15, 0.2) is 18.2 Å². The van der Waals surface area contributed by atoms with Crippen molar-refractivity contribution in [2.45, 2.75) is 19.4 Å². The SMILES string of the molecule is CC(C)(N)C#Cc1ccc(F)c(F)c1. The molecule has 0 aliphatic rings. The Bertz CT molecular complexity index is 394. The van der Waals surface area contributed by atoms with E-state index in [0.717, 1.165) is 12.1 Å². The summed E-state index contributed by atoms with van der Waals surface area (Å²) >= 11 is 0. The van der Waals surface area contributed by atoms with Gasteiger partial charge < -0.3 is 5.73 Å². The van der Waals surface area contributed by atoms with Gasteiger partial charge in [0.1, 0.15) is 0 Å². The smallest absolute Gasteiger partial charge is 0.160 e. The fraction of sp³-hybridized carbons (Fsp3) is 0.273. The van der Waals surface area contributed by atoms with E-state index in [1.54, 1.807) is 13.8 Å². The van der Waals surface area contributed by atoms with Crippen molar-refractivity contribution in [3.63, 3.8) is 0 Å². The van der Waals surface area contributed by atoms with Gasteiger partial charge in [-0.15, -0.1) is 0 Å². The minimum Gasteiger partial charge on any atom is -0.316 e. The number of hydrogen-bond donors (Lipinski definition) is 1. The molecule has 0 aliphatic heterocycles. The standard InChI is InChI=1S/C11H11F2N/c1-11(2,14)6-5-8-3-4-9(12)10(13)7-8/h3-4,7H,14H2,1-2H3. The van der Waals surface area contributed by atoms with Crippen LogP contribution in [0.1, 0.15) is 19.4 Å². The lowest BCUT2D eigenvalue weighted by Gasteiger charge is -2.07. The Morgan fingerprint density at radius 2 is 1.86 bits per heavy atom. The quantitative estimate of drug-likeness (QED) is 0.630. The van der Waals surface area contributed by atoms with Crippen LogP contribution in [0.25, 0.3) is 0 Å². The van der Waals surface area contributed by atoms with E-state index in [9.17, 15) is 8.78 Å². The summed E-state index contributed by atoms with van der Waals surface area (Å²) in [4.78, 5) is 0. The number of hydrogen-bond acceptors (Lipinski definition) is 1. The van der Waals surface area contributed by atoms with E-state index in [4.69, 9.17) is 5.73 Å². The van der Waals surface area contributed by atoms with Crippen molar-refractivity contribution in [2.24, 2.45) is 5.73 Å². The van der Waals surface area contributed by atoms with E-state index in [1.807, 2.05) is 0 Å². The van der Waals surface area contributed by atoms with E-state index in [0.29, 0.717) is 5.56 Å². The van der Waals surface area contributed by atoms with E-state index in [-0.39, 0.29) is 0 Å². The summed E-state index contributed by atoms with van der Waals surface area (Å²) in [6, 6.07) is 3.51. The number of rotatable bonds is 0. The van der Waals surface area contributed by atoms with Crippen LogP contribution >= 0.6 is 0 Å². The number of nitrogens with two attached hydrogens (primary N) is 1. The first-order valence-corrected chi connectivity index (χ1v) is 4.15. The van der Waals surface area contributed by atoms with Crippen LogP contribution in [0.3, 0.4) is 0 Å². The van der Waals surface area contributed by atoms with Crippen molar-refractivity contribution in [1.82, 2.24) is 0 Å². The molecule has 1 nitrogen and oxygen atoms in total. The number of benzene rings is 1. The van der Waals surface area contributed by atoms with Gasteiger partial charge in [0, 0.05) is 5.56 Å². The van der Waals surface area contributed by atoms with Crippen molar-refractivity contribution >= 4 is 0 Å². The molecule has 0 radical (unpaired) electrons. The average molecular weight is 195 g/mol. The normalized spacial score (nSPS) is 10.6. The third-order valence-corrected chi connectivity index (χ3v) is 1.45. The second-order valence-corrected chi connectivity index (χ2v) is 3.60. The lowest BCUT2D eigenvalue weighted by atomic mass is 10.1.